The van der Waals surface area contributed by atoms with E-state index in [1.54, 1.807) is 11.9 Å². The van der Waals surface area contributed by atoms with Crippen LogP contribution in [-0.4, -0.2) is 43.5 Å². The van der Waals surface area contributed by atoms with Crippen LogP contribution in [0.5, 0.6) is 0 Å². The van der Waals surface area contributed by atoms with Gasteiger partial charge < -0.3 is 11.5 Å². The van der Waals surface area contributed by atoms with E-state index in [4.69, 9.17) is 11.5 Å². The molecule has 0 heterocycles. The number of urea groups is 1. The van der Waals surface area contributed by atoms with Crippen molar-refractivity contribution in [3.8, 4) is 0 Å². The van der Waals surface area contributed by atoms with E-state index in [1.807, 2.05) is 12.2 Å². The molecule has 1 atom stereocenters. The van der Waals surface area contributed by atoms with Crippen LogP contribution in [0.1, 0.15) is 6.92 Å². The molecule has 1 unspecified atom stereocenters. The van der Waals surface area contributed by atoms with Gasteiger partial charge in [0.05, 0.1) is 6.54 Å². The zero-order valence-corrected chi connectivity index (χ0v) is 8.62. The second kappa shape index (κ2) is 6.33. The second-order valence-electron chi connectivity index (χ2n) is 3.45. The van der Waals surface area contributed by atoms with Crippen LogP contribution in [0.3, 0.4) is 0 Å². The van der Waals surface area contributed by atoms with E-state index in [2.05, 4.69) is 0 Å². The third-order valence-corrected chi connectivity index (χ3v) is 1.70. The highest BCUT2D eigenvalue weighted by Crippen LogP contribution is 1.94. The van der Waals surface area contributed by atoms with E-state index in [0.29, 0.717) is 19.0 Å². The average Bonchev–Trinajstić information content (AvgIpc) is 2.01. The summed E-state index contributed by atoms with van der Waals surface area (Å²) in [4.78, 5) is 23.2. The van der Waals surface area contributed by atoms with Crippen molar-refractivity contribution in [3.63, 3.8) is 0 Å². The Balaban J connectivity index is 3.76. The monoisotopic (exact) mass is 202 g/mol. The summed E-state index contributed by atoms with van der Waals surface area (Å²) in [6.07, 6.45) is 0. The summed E-state index contributed by atoms with van der Waals surface area (Å²) in [7, 11) is 1.78. The molecule has 0 saturated heterocycles. The van der Waals surface area contributed by atoms with Gasteiger partial charge in [-0.1, -0.05) is 6.92 Å². The summed E-state index contributed by atoms with van der Waals surface area (Å²) < 4.78 is 0. The third-order valence-electron chi connectivity index (χ3n) is 1.70. The third kappa shape index (κ3) is 6.38. The minimum absolute atomic E-state index is 0.146. The predicted molar refractivity (Wildman–Crippen MR) is 53.4 cm³/mol. The van der Waals surface area contributed by atoms with Gasteiger partial charge in [0.2, 0.25) is 5.91 Å². The molecule has 3 amide bonds. The maximum absolute atomic E-state index is 11.0. The first kappa shape index (κ1) is 12.9. The van der Waals surface area contributed by atoms with E-state index in [9.17, 15) is 9.59 Å². The maximum atomic E-state index is 11.0. The SMILES string of the molecule is CC(CN)CN(C)CC(=O)NC(N)=O. The van der Waals surface area contributed by atoms with E-state index in [1.165, 1.54) is 0 Å². The Hall–Kier alpha value is -1.14. The molecule has 0 aromatic heterocycles. The summed E-state index contributed by atoms with van der Waals surface area (Å²) >= 11 is 0. The predicted octanol–water partition coefficient (Wildman–Crippen LogP) is -1.29. The molecular formula is C8H18N4O2. The summed E-state index contributed by atoms with van der Waals surface area (Å²) in [6.45, 7) is 3.42. The maximum Gasteiger partial charge on any atom is 0.318 e. The Kier molecular flexibility index (Phi) is 5.82. The van der Waals surface area contributed by atoms with Gasteiger partial charge in [0, 0.05) is 6.54 Å². The Morgan fingerprint density at radius 2 is 2.07 bits per heavy atom. The average molecular weight is 202 g/mol. The molecule has 0 aromatic carbocycles. The molecule has 0 aliphatic carbocycles. The van der Waals surface area contributed by atoms with E-state index >= 15 is 0 Å². The number of carbonyl (C=O) groups excluding carboxylic acids is 2. The van der Waals surface area contributed by atoms with Crippen molar-refractivity contribution in [2.75, 3.05) is 26.7 Å². The van der Waals surface area contributed by atoms with Crippen LogP contribution in [0.15, 0.2) is 0 Å². The fourth-order valence-corrected chi connectivity index (χ4v) is 1.09. The van der Waals surface area contributed by atoms with Gasteiger partial charge in [-0.2, -0.15) is 0 Å². The van der Waals surface area contributed by atoms with E-state index < -0.39 is 11.9 Å². The molecule has 82 valence electrons. The first-order valence-corrected chi connectivity index (χ1v) is 4.43. The van der Waals surface area contributed by atoms with Crippen LogP contribution < -0.4 is 16.8 Å². The number of nitrogens with zero attached hydrogens (tertiary/aromatic N) is 1. The van der Waals surface area contributed by atoms with Gasteiger partial charge in [-0.05, 0) is 19.5 Å². The summed E-state index contributed by atoms with van der Waals surface area (Å²) in [5.41, 5.74) is 10.2. The number of likely N-dealkylation sites (N-methyl/N-ethyl adjacent to an activating group) is 1. The van der Waals surface area contributed by atoms with Gasteiger partial charge in [0.15, 0.2) is 0 Å². The lowest BCUT2D eigenvalue weighted by molar-refractivity contribution is -0.120. The van der Waals surface area contributed by atoms with Gasteiger partial charge in [0.25, 0.3) is 0 Å². The van der Waals surface area contributed by atoms with E-state index in [-0.39, 0.29) is 6.54 Å². The molecule has 0 saturated carbocycles. The van der Waals surface area contributed by atoms with Crippen LogP contribution in [0.4, 0.5) is 4.79 Å². The largest absolute Gasteiger partial charge is 0.351 e. The number of carbonyl (C=O) groups is 2. The quantitative estimate of drug-likeness (QED) is 0.516. The number of nitrogens with two attached hydrogens (primary N) is 2. The highest BCUT2D eigenvalue weighted by Gasteiger charge is 2.10. The molecular weight excluding hydrogens is 184 g/mol. The second-order valence-corrected chi connectivity index (χ2v) is 3.45. The Labute approximate surface area is 83.6 Å². The minimum atomic E-state index is -0.824. The number of hydrogen-bond donors (Lipinski definition) is 3. The number of primary amides is 1. The van der Waals surface area contributed by atoms with Crippen LogP contribution in [0.2, 0.25) is 0 Å². The molecule has 0 radical (unpaired) electrons. The molecule has 0 fully saturated rings. The number of imide groups is 1. The lowest BCUT2D eigenvalue weighted by Crippen LogP contribution is -2.42. The van der Waals surface area contributed by atoms with Crippen molar-refractivity contribution in [2.45, 2.75) is 6.92 Å². The summed E-state index contributed by atoms with van der Waals surface area (Å²) in [6, 6.07) is -0.824. The van der Waals surface area contributed by atoms with Crippen molar-refractivity contribution in [3.05, 3.63) is 0 Å². The van der Waals surface area contributed by atoms with Gasteiger partial charge in [-0.25, -0.2) is 4.79 Å². The smallest absolute Gasteiger partial charge is 0.318 e. The van der Waals surface area contributed by atoms with Crippen molar-refractivity contribution in [2.24, 2.45) is 17.4 Å². The lowest BCUT2D eigenvalue weighted by atomic mass is 10.2. The zero-order valence-electron chi connectivity index (χ0n) is 8.62. The Morgan fingerprint density at radius 1 is 1.50 bits per heavy atom. The van der Waals surface area contributed by atoms with Gasteiger partial charge in [-0.3, -0.25) is 15.0 Å². The zero-order chi connectivity index (χ0) is 11.1. The highest BCUT2D eigenvalue weighted by atomic mass is 16.2. The molecule has 5 N–H and O–H groups in total. The number of amides is 3. The number of hydrogen-bond acceptors (Lipinski definition) is 4. The fraction of sp³-hybridized carbons (Fsp3) is 0.750. The summed E-state index contributed by atoms with van der Waals surface area (Å²) in [5.74, 6) is -0.0781. The van der Waals surface area contributed by atoms with Crippen molar-refractivity contribution < 1.29 is 9.59 Å². The van der Waals surface area contributed by atoms with Crippen LogP contribution in [0, 0.1) is 5.92 Å². The molecule has 0 aliphatic heterocycles. The standard InChI is InChI=1S/C8H18N4O2/c1-6(3-9)4-12(2)5-7(13)11-8(10)14/h6H,3-5,9H2,1-2H3,(H3,10,11,13,14). The molecule has 0 rings (SSSR count). The van der Waals surface area contributed by atoms with Crippen molar-refractivity contribution >= 4 is 11.9 Å². The molecule has 0 aromatic rings. The van der Waals surface area contributed by atoms with Crippen LogP contribution in [0.25, 0.3) is 0 Å². The van der Waals surface area contributed by atoms with Crippen molar-refractivity contribution in [1.82, 2.24) is 10.2 Å². The lowest BCUT2D eigenvalue weighted by Gasteiger charge is -2.19. The first-order chi connectivity index (χ1) is 6.45. The summed E-state index contributed by atoms with van der Waals surface area (Å²) in [5, 5.41) is 1.99. The number of rotatable bonds is 5. The van der Waals surface area contributed by atoms with Crippen LogP contribution >= 0.6 is 0 Å². The number of nitrogens with one attached hydrogen (secondary N) is 1. The molecule has 6 heteroatoms. The first-order valence-electron chi connectivity index (χ1n) is 4.43. The molecule has 14 heavy (non-hydrogen) atoms. The highest BCUT2D eigenvalue weighted by molar-refractivity contribution is 5.94. The minimum Gasteiger partial charge on any atom is -0.351 e. The molecule has 0 bridgehead atoms. The molecule has 0 aliphatic rings. The Bertz CT molecular complexity index is 208. The topological polar surface area (TPSA) is 101 Å². The fourth-order valence-electron chi connectivity index (χ4n) is 1.09. The van der Waals surface area contributed by atoms with E-state index in [0.717, 1.165) is 0 Å². The Morgan fingerprint density at radius 3 is 2.50 bits per heavy atom. The molecule has 0 spiro atoms. The van der Waals surface area contributed by atoms with Gasteiger partial charge in [0.1, 0.15) is 0 Å². The molecule has 6 nitrogen and oxygen atoms in total. The van der Waals surface area contributed by atoms with Gasteiger partial charge in [-0.15, -0.1) is 0 Å². The van der Waals surface area contributed by atoms with Crippen LogP contribution in [-0.2, 0) is 4.79 Å². The van der Waals surface area contributed by atoms with Gasteiger partial charge >= 0.3 is 6.03 Å². The normalized spacial score (nSPS) is 12.6. The van der Waals surface area contributed by atoms with Crippen molar-refractivity contribution in [1.29, 1.82) is 0 Å².